The van der Waals surface area contributed by atoms with Crippen LogP contribution < -0.4 is 15.9 Å². The van der Waals surface area contributed by atoms with Crippen LogP contribution in [0.15, 0.2) is 47.3 Å². The largest absolute Gasteiger partial charge is 0.326 e. The maximum absolute atomic E-state index is 12.6. The van der Waals surface area contributed by atoms with Crippen LogP contribution in [0.2, 0.25) is 5.02 Å². The van der Waals surface area contributed by atoms with E-state index in [0.717, 1.165) is 0 Å². The average molecular weight is 371 g/mol. The third kappa shape index (κ3) is 2.97. The predicted molar refractivity (Wildman–Crippen MR) is 99.5 cm³/mol. The second kappa shape index (κ2) is 6.34. The molecule has 2 heterocycles. The first kappa shape index (κ1) is 16.4. The van der Waals surface area contributed by atoms with Gasteiger partial charge in [0, 0.05) is 18.7 Å². The molecule has 1 atom stereocenters. The molecule has 7 nitrogen and oxygen atoms in total. The van der Waals surface area contributed by atoms with Crippen molar-refractivity contribution in [3.8, 4) is 0 Å². The van der Waals surface area contributed by atoms with Crippen molar-refractivity contribution >= 4 is 45.8 Å². The Bertz CT molecular complexity index is 1070. The van der Waals surface area contributed by atoms with Crippen molar-refractivity contribution in [3.63, 3.8) is 0 Å². The third-order valence-electron chi connectivity index (χ3n) is 4.42. The van der Waals surface area contributed by atoms with Crippen molar-refractivity contribution < 1.29 is 9.59 Å². The summed E-state index contributed by atoms with van der Waals surface area (Å²) >= 11 is 6.16. The van der Waals surface area contributed by atoms with Gasteiger partial charge in [-0.3, -0.25) is 9.59 Å². The van der Waals surface area contributed by atoms with Crippen molar-refractivity contribution in [3.05, 3.63) is 58.0 Å². The van der Waals surface area contributed by atoms with E-state index >= 15 is 0 Å². The topological polar surface area (TPSA) is 98.1 Å². The Labute approximate surface area is 153 Å². The van der Waals surface area contributed by atoms with E-state index in [1.165, 1.54) is 0 Å². The van der Waals surface area contributed by atoms with E-state index in [2.05, 4.69) is 15.3 Å². The zero-order valence-corrected chi connectivity index (χ0v) is 14.3. The predicted octanol–water partition coefficient (Wildman–Crippen LogP) is 2.50. The molecule has 1 aromatic heterocycles. The number of hydrogen-bond donors (Lipinski definition) is 3. The van der Waals surface area contributed by atoms with Crippen LogP contribution in [0.5, 0.6) is 0 Å². The molecule has 3 aromatic rings. The normalized spacial score (nSPS) is 17.0. The lowest BCUT2D eigenvalue weighted by Crippen LogP contribution is -2.28. The van der Waals surface area contributed by atoms with Crippen LogP contribution in [0, 0.1) is 5.92 Å². The van der Waals surface area contributed by atoms with E-state index in [4.69, 9.17) is 11.6 Å². The van der Waals surface area contributed by atoms with E-state index in [1.54, 1.807) is 47.4 Å². The maximum atomic E-state index is 12.6. The van der Waals surface area contributed by atoms with Crippen LogP contribution in [0.3, 0.4) is 0 Å². The van der Waals surface area contributed by atoms with Gasteiger partial charge in [0.05, 0.1) is 27.7 Å². The molecule has 8 heteroatoms. The molecule has 0 unspecified atom stereocenters. The first-order valence-corrected chi connectivity index (χ1v) is 8.47. The minimum absolute atomic E-state index is 0.125. The number of carbonyl (C=O) groups is 2. The highest BCUT2D eigenvalue weighted by Crippen LogP contribution is 2.31. The number of para-hydroxylation sites is 1. The number of halogens is 1. The van der Waals surface area contributed by atoms with Gasteiger partial charge in [-0.15, -0.1) is 0 Å². The van der Waals surface area contributed by atoms with Gasteiger partial charge in [0.25, 0.3) is 0 Å². The standard InChI is InChI=1S/C18H15ClN4O3/c19-12-3-1-2-4-15(12)23-9-10(7-16(23)24)17(25)20-11-5-6-13-14(8-11)22-18(26)21-13/h1-6,8,10H,7,9H2,(H,20,25)(H2,21,22,26)/t10-/m1/s1. The molecule has 1 aliphatic rings. The molecule has 2 amide bonds. The highest BCUT2D eigenvalue weighted by atomic mass is 35.5. The number of carbonyl (C=O) groups excluding carboxylic acids is 2. The number of hydrogen-bond acceptors (Lipinski definition) is 3. The average Bonchev–Trinajstić information content (AvgIpc) is 3.17. The Kier molecular flexibility index (Phi) is 4.00. The lowest BCUT2D eigenvalue weighted by molar-refractivity contribution is -0.122. The summed E-state index contributed by atoms with van der Waals surface area (Å²) in [6, 6.07) is 12.1. The summed E-state index contributed by atoms with van der Waals surface area (Å²) in [5, 5.41) is 3.28. The third-order valence-corrected chi connectivity index (χ3v) is 4.74. The minimum atomic E-state index is -0.472. The molecule has 1 fully saturated rings. The number of imidazole rings is 1. The van der Waals surface area contributed by atoms with Gasteiger partial charge in [0.1, 0.15) is 0 Å². The Morgan fingerprint density at radius 2 is 1.88 bits per heavy atom. The summed E-state index contributed by atoms with van der Waals surface area (Å²) in [5.41, 5.74) is 2.13. The van der Waals surface area contributed by atoms with E-state index in [9.17, 15) is 14.4 Å². The van der Waals surface area contributed by atoms with Crippen molar-refractivity contribution in [1.82, 2.24) is 9.97 Å². The Morgan fingerprint density at radius 1 is 1.12 bits per heavy atom. The van der Waals surface area contributed by atoms with Gasteiger partial charge in [0.15, 0.2) is 0 Å². The van der Waals surface area contributed by atoms with Crippen molar-refractivity contribution in [1.29, 1.82) is 0 Å². The second-order valence-electron chi connectivity index (χ2n) is 6.19. The molecule has 2 aromatic carbocycles. The van der Waals surface area contributed by atoms with Crippen LogP contribution in [0.1, 0.15) is 6.42 Å². The molecule has 132 valence electrons. The zero-order valence-electron chi connectivity index (χ0n) is 13.6. The Morgan fingerprint density at radius 3 is 2.69 bits per heavy atom. The molecular weight excluding hydrogens is 356 g/mol. The number of aromatic nitrogens is 2. The molecule has 0 aliphatic carbocycles. The maximum Gasteiger partial charge on any atom is 0.323 e. The summed E-state index contributed by atoms with van der Waals surface area (Å²) in [7, 11) is 0. The second-order valence-corrected chi connectivity index (χ2v) is 6.59. The lowest BCUT2D eigenvalue weighted by Gasteiger charge is -2.18. The lowest BCUT2D eigenvalue weighted by atomic mass is 10.1. The molecule has 1 aliphatic heterocycles. The number of nitrogens with zero attached hydrogens (tertiary/aromatic N) is 1. The van der Waals surface area contributed by atoms with Gasteiger partial charge in [0.2, 0.25) is 11.8 Å². The van der Waals surface area contributed by atoms with Gasteiger partial charge in [-0.2, -0.15) is 0 Å². The highest BCUT2D eigenvalue weighted by molar-refractivity contribution is 6.33. The fourth-order valence-corrected chi connectivity index (χ4v) is 3.38. The van der Waals surface area contributed by atoms with Crippen molar-refractivity contribution in [2.24, 2.45) is 5.92 Å². The first-order chi connectivity index (χ1) is 12.5. The summed E-state index contributed by atoms with van der Waals surface area (Å²) in [4.78, 5) is 43.0. The van der Waals surface area contributed by atoms with Crippen molar-refractivity contribution in [2.45, 2.75) is 6.42 Å². The molecule has 3 N–H and O–H groups in total. The Hall–Kier alpha value is -3.06. The first-order valence-electron chi connectivity index (χ1n) is 8.09. The number of rotatable bonds is 3. The molecule has 4 rings (SSSR count). The number of nitrogens with one attached hydrogen (secondary N) is 3. The fourth-order valence-electron chi connectivity index (χ4n) is 3.14. The van der Waals surface area contributed by atoms with Crippen molar-refractivity contribution in [2.75, 3.05) is 16.8 Å². The van der Waals surface area contributed by atoms with Crippen LogP contribution >= 0.6 is 11.6 Å². The number of aromatic amines is 2. The SMILES string of the molecule is O=C(Nc1ccc2[nH]c(=O)[nH]c2c1)[C@@H]1CC(=O)N(c2ccccc2Cl)C1. The van der Waals surface area contributed by atoms with E-state index in [-0.39, 0.29) is 30.5 Å². The Balaban J connectivity index is 1.50. The summed E-state index contributed by atoms with van der Waals surface area (Å²) in [6.45, 7) is 0.275. The van der Waals surface area contributed by atoms with Crippen LogP contribution in [0.25, 0.3) is 11.0 Å². The van der Waals surface area contributed by atoms with Gasteiger partial charge in [-0.1, -0.05) is 23.7 Å². The highest BCUT2D eigenvalue weighted by Gasteiger charge is 2.35. The molecule has 26 heavy (non-hydrogen) atoms. The van der Waals surface area contributed by atoms with Gasteiger partial charge < -0.3 is 20.2 Å². The molecule has 0 radical (unpaired) electrons. The van der Waals surface area contributed by atoms with Gasteiger partial charge in [-0.05, 0) is 30.3 Å². The summed E-state index contributed by atoms with van der Waals surface area (Å²) in [5.74, 6) is -0.853. The van der Waals surface area contributed by atoms with E-state index in [0.29, 0.717) is 27.4 Å². The van der Waals surface area contributed by atoms with Gasteiger partial charge >= 0.3 is 5.69 Å². The number of fused-ring (bicyclic) bond motifs is 1. The van der Waals surface area contributed by atoms with Crippen LogP contribution in [0.4, 0.5) is 11.4 Å². The van der Waals surface area contributed by atoms with Crippen LogP contribution in [-0.4, -0.2) is 28.3 Å². The monoisotopic (exact) mass is 370 g/mol. The molecular formula is C18H15ClN4O3. The number of amides is 2. The fraction of sp³-hybridized carbons (Fsp3) is 0.167. The summed E-state index contributed by atoms with van der Waals surface area (Å²) < 4.78 is 0. The van der Waals surface area contributed by atoms with E-state index < -0.39 is 5.92 Å². The minimum Gasteiger partial charge on any atom is -0.326 e. The number of anilines is 2. The summed E-state index contributed by atoms with van der Waals surface area (Å²) in [6.07, 6.45) is 0.125. The zero-order chi connectivity index (χ0) is 18.3. The molecule has 0 spiro atoms. The number of H-pyrrole nitrogens is 2. The number of benzene rings is 2. The van der Waals surface area contributed by atoms with Crippen LogP contribution in [-0.2, 0) is 9.59 Å². The molecule has 1 saturated heterocycles. The smallest absolute Gasteiger partial charge is 0.323 e. The molecule has 0 bridgehead atoms. The quantitative estimate of drug-likeness (QED) is 0.660. The van der Waals surface area contributed by atoms with E-state index in [1.807, 2.05) is 0 Å². The molecule has 0 saturated carbocycles. The van der Waals surface area contributed by atoms with Gasteiger partial charge in [-0.25, -0.2) is 4.79 Å².